The molecule has 1 aromatic carbocycles. The van der Waals surface area contributed by atoms with Gasteiger partial charge in [-0.2, -0.15) is 4.36 Å². The van der Waals surface area contributed by atoms with E-state index in [4.69, 9.17) is 5.73 Å². The van der Waals surface area contributed by atoms with Gasteiger partial charge in [-0.05, 0) is 30.7 Å². The molecule has 0 aliphatic rings. The molecule has 0 bridgehead atoms. The van der Waals surface area contributed by atoms with Gasteiger partial charge in [0.05, 0.1) is 5.69 Å². The van der Waals surface area contributed by atoms with Gasteiger partial charge in [0.2, 0.25) is 0 Å². The lowest BCUT2D eigenvalue weighted by Gasteiger charge is -2.04. The molecule has 78 valence electrons. The van der Waals surface area contributed by atoms with Crippen molar-refractivity contribution in [3.8, 4) is 0 Å². The Bertz CT molecular complexity index is 445. The number of nitrogen functional groups attached to an aromatic ring is 1. The number of hydrogen-bond donors (Lipinski definition) is 1. The number of anilines is 1. The Morgan fingerprint density at radius 2 is 2.14 bits per heavy atom. The Morgan fingerprint density at radius 1 is 1.50 bits per heavy atom. The molecule has 0 aliphatic heterocycles. The Labute approximate surface area is 85.5 Å². The molecule has 14 heavy (non-hydrogen) atoms. The fourth-order valence-corrected chi connectivity index (χ4v) is 1.80. The monoisotopic (exact) mass is 212 g/mol. The predicted octanol–water partition coefficient (Wildman–Crippen LogP) is 2.33. The average molecular weight is 212 g/mol. The van der Waals surface area contributed by atoms with E-state index in [2.05, 4.69) is 4.36 Å². The molecule has 2 N–H and O–H groups in total. The zero-order valence-electron chi connectivity index (χ0n) is 8.78. The quantitative estimate of drug-likeness (QED) is 0.765. The van der Waals surface area contributed by atoms with Crippen LogP contribution in [-0.4, -0.2) is 16.2 Å². The fourth-order valence-electron chi connectivity index (χ4n) is 1.05. The predicted molar refractivity (Wildman–Crippen MR) is 62.3 cm³/mol. The van der Waals surface area contributed by atoms with Crippen molar-refractivity contribution in [2.24, 2.45) is 4.36 Å². The molecule has 0 aromatic heterocycles. The minimum absolute atomic E-state index is 0.566. The molecule has 0 fully saturated rings. The van der Waals surface area contributed by atoms with E-state index in [0.717, 1.165) is 11.3 Å². The Hall–Kier alpha value is -1.03. The lowest BCUT2D eigenvalue weighted by molar-refractivity contribution is 0.681. The van der Waals surface area contributed by atoms with Gasteiger partial charge in [-0.15, -0.1) is 0 Å². The summed E-state index contributed by atoms with van der Waals surface area (Å²) in [6.07, 6.45) is 1.67. The zero-order chi connectivity index (χ0) is 10.8. The van der Waals surface area contributed by atoms with Gasteiger partial charge < -0.3 is 5.73 Å². The van der Waals surface area contributed by atoms with Crippen molar-refractivity contribution in [3.63, 3.8) is 0 Å². The molecule has 1 atom stereocenters. The summed E-state index contributed by atoms with van der Waals surface area (Å²) in [5.41, 5.74) is 8.06. The van der Waals surface area contributed by atoms with Crippen LogP contribution in [-0.2, 0) is 9.73 Å². The van der Waals surface area contributed by atoms with Gasteiger partial charge in [-0.3, -0.25) is 0 Å². The standard InChI is InChI=1S/C10H16N2OS/c1-4-14(3,13)12-10-6-5-9(11)7-8(10)2/h5-7H,4,11H2,1-3H3. The van der Waals surface area contributed by atoms with E-state index in [9.17, 15) is 4.21 Å². The number of hydrogen-bond acceptors (Lipinski definition) is 3. The topological polar surface area (TPSA) is 55.5 Å². The van der Waals surface area contributed by atoms with Gasteiger partial charge in [0.1, 0.15) is 0 Å². The molecule has 0 aliphatic carbocycles. The van der Waals surface area contributed by atoms with E-state index in [0.29, 0.717) is 11.4 Å². The van der Waals surface area contributed by atoms with Crippen molar-refractivity contribution in [2.75, 3.05) is 17.7 Å². The van der Waals surface area contributed by atoms with Gasteiger partial charge in [0, 0.05) is 27.4 Å². The number of aryl methyl sites for hydroxylation is 1. The maximum atomic E-state index is 11.8. The van der Waals surface area contributed by atoms with E-state index in [-0.39, 0.29) is 0 Å². The number of nitrogens with two attached hydrogens (primary N) is 1. The van der Waals surface area contributed by atoms with Crippen LogP contribution in [0.4, 0.5) is 11.4 Å². The largest absolute Gasteiger partial charge is 0.399 e. The lowest BCUT2D eigenvalue weighted by Crippen LogP contribution is -1.98. The summed E-state index contributed by atoms with van der Waals surface area (Å²) in [6, 6.07) is 5.42. The molecule has 1 unspecified atom stereocenters. The van der Waals surface area contributed by atoms with Gasteiger partial charge in [0.15, 0.2) is 0 Å². The van der Waals surface area contributed by atoms with Gasteiger partial charge in [-0.1, -0.05) is 6.92 Å². The Kier molecular flexibility index (Phi) is 3.16. The molecule has 4 heteroatoms. The average Bonchev–Trinajstić information content (AvgIpc) is 2.10. The summed E-state index contributed by atoms with van der Waals surface area (Å²) < 4.78 is 16.0. The van der Waals surface area contributed by atoms with Crippen molar-refractivity contribution < 1.29 is 4.21 Å². The molecular weight excluding hydrogens is 196 g/mol. The van der Waals surface area contributed by atoms with Crippen LogP contribution in [0, 0.1) is 6.92 Å². The zero-order valence-corrected chi connectivity index (χ0v) is 9.60. The summed E-state index contributed by atoms with van der Waals surface area (Å²) in [4.78, 5) is 0. The first kappa shape index (κ1) is 11.0. The maximum Gasteiger partial charge on any atom is 0.0760 e. The van der Waals surface area contributed by atoms with Gasteiger partial charge in [-0.25, -0.2) is 4.21 Å². The molecule has 0 spiro atoms. The van der Waals surface area contributed by atoms with Crippen molar-refractivity contribution >= 4 is 21.1 Å². The number of rotatable bonds is 2. The molecule has 1 rings (SSSR count). The van der Waals surface area contributed by atoms with Crippen LogP contribution in [0.5, 0.6) is 0 Å². The third-order valence-corrected chi connectivity index (χ3v) is 3.70. The van der Waals surface area contributed by atoms with Crippen LogP contribution < -0.4 is 5.73 Å². The fraction of sp³-hybridized carbons (Fsp3) is 0.400. The second-order valence-corrected chi connectivity index (χ2v) is 6.06. The number of nitrogens with zero attached hydrogens (tertiary/aromatic N) is 1. The molecule has 3 nitrogen and oxygen atoms in total. The summed E-state index contributed by atoms with van der Waals surface area (Å²) in [6.45, 7) is 3.79. The maximum absolute atomic E-state index is 11.8. The van der Waals surface area contributed by atoms with Crippen LogP contribution in [0.25, 0.3) is 0 Å². The smallest absolute Gasteiger partial charge is 0.0760 e. The van der Waals surface area contributed by atoms with Gasteiger partial charge >= 0.3 is 0 Å². The first-order chi connectivity index (χ1) is 6.44. The van der Waals surface area contributed by atoms with Crippen molar-refractivity contribution in [1.82, 2.24) is 0 Å². The van der Waals surface area contributed by atoms with E-state index in [1.807, 2.05) is 26.0 Å². The molecule has 0 saturated carbocycles. The van der Waals surface area contributed by atoms with E-state index in [1.54, 1.807) is 12.3 Å². The summed E-state index contributed by atoms with van der Waals surface area (Å²) in [7, 11) is -2.07. The van der Waals surface area contributed by atoms with Crippen LogP contribution in [0.3, 0.4) is 0 Å². The highest BCUT2D eigenvalue weighted by Gasteiger charge is 2.01. The first-order valence-electron chi connectivity index (χ1n) is 4.50. The number of benzene rings is 1. The molecule has 0 heterocycles. The van der Waals surface area contributed by atoms with Gasteiger partial charge in [0.25, 0.3) is 0 Å². The van der Waals surface area contributed by atoms with E-state index >= 15 is 0 Å². The molecule has 0 saturated heterocycles. The SMILES string of the molecule is CCS(C)(=O)=Nc1ccc(N)cc1C. The highest BCUT2D eigenvalue weighted by Crippen LogP contribution is 2.22. The molecule has 0 radical (unpaired) electrons. The third-order valence-electron chi connectivity index (χ3n) is 2.05. The lowest BCUT2D eigenvalue weighted by atomic mass is 10.2. The highest BCUT2D eigenvalue weighted by molar-refractivity contribution is 7.93. The molecular formula is C10H16N2OS. The summed E-state index contributed by atoms with van der Waals surface area (Å²) >= 11 is 0. The normalized spacial score (nSPS) is 14.8. The van der Waals surface area contributed by atoms with Crippen LogP contribution >= 0.6 is 0 Å². The van der Waals surface area contributed by atoms with Crippen LogP contribution in [0.1, 0.15) is 12.5 Å². The van der Waals surface area contributed by atoms with Crippen LogP contribution in [0.15, 0.2) is 22.6 Å². The molecule has 1 aromatic rings. The second kappa shape index (κ2) is 4.00. The van der Waals surface area contributed by atoms with E-state index in [1.165, 1.54) is 0 Å². The Morgan fingerprint density at radius 3 is 2.64 bits per heavy atom. The van der Waals surface area contributed by atoms with Crippen molar-refractivity contribution in [1.29, 1.82) is 0 Å². The van der Waals surface area contributed by atoms with Crippen LogP contribution in [0.2, 0.25) is 0 Å². The minimum atomic E-state index is -2.07. The van der Waals surface area contributed by atoms with E-state index < -0.39 is 9.73 Å². The van der Waals surface area contributed by atoms with Crippen molar-refractivity contribution in [3.05, 3.63) is 23.8 Å². The van der Waals surface area contributed by atoms with Crippen molar-refractivity contribution in [2.45, 2.75) is 13.8 Å². The summed E-state index contributed by atoms with van der Waals surface area (Å²) in [5.74, 6) is 0.566. The minimum Gasteiger partial charge on any atom is -0.399 e. The third kappa shape index (κ3) is 2.73. The second-order valence-electron chi connectivity index (χ2n) is 3.39. The first-order valence-corrected chi connectivity index (χ1v) is 6.60. The highest BCUT2D eigenvalue weighted by atomic mass is 32.2. The Balaban J connectivity index is 3.23. The summed E-state index contributed by atoms with van der Waals surface area (Å²) in [5, 5.41) is 0. The molecule has 0 amide bonds.